The number of likely N-dealkylation sites (tertiary alicyclic amines) is 1. The third-order valence-corrected chi connectivity index (χ3v) is 5.41. The molecular weight excluding hydrogens is 248 g/mol. The third-order valence-electron chi connectivity index (χ3n) is 5.41. The van der Waals surface area contributed by atoms with E-state index in [-0.39, 0.29) is 11.1 Å². The van der Waals surface area contributed by atoms with E-state index in [1.807, 2.05) is 0 Å². The van der Waals surface area contributed by atoms with Gasteiger partial charge in [-0.15, -0.1) is 0 Å². The molecule has 0 bridgehead atoms. The molecule has 2 fully saturated rings. The summed E-state index contributed by atoms with van der Waals surface area (Å²) in [7, 11) is 0. The highest BCUT2D eigenvalue weighted by Gasteiger charge is 2.44. The molecule has 2 atom stereocenters. The van der Waals surface area contributed by atoms with Crippen molar-refractivity contribution in [1.82, 2.24) is 4.90 Å². The van der Waals surface area contributed by atoms with E-state index in [9.17, 15) is 0 Å². The standard InChI is InChI=1S/C17H34N2O/c1-4-6-15-7-5-10-19(11-8-15)17(14-18)9-12-20-16(2,3)13-17/h15H,4-14,18H2,1-3H3. The van der Waals surface area contributed by atoms with Gasteiger partial charge in [0.1, 0.15) is 0 Å². The molecule has 3 nitrogen and oxygen atoms in total. The lowest BCUT2D eigenvalue weighted by Crippen LogP contribution is -2.60. The Kier molecular flexibility index (Phi) is 5.49. The van der Waals surface area contributed by atoms with Gasteiger partial charge < -0.3 is 10.5 Å². The molecule has 2 rings (SSSR count). The first-order chi connectivity index (χ1) is 9.51. The zero-order valence-electron chi connectivity index (χ0n) is 13.8. The van der Waals surface area contributed by atoms with Crippen LogP contribution in [0.15, 0.2) is 0 Å². The molecule has 2 aliphatic rings. The van der Waals surface area contributed by atoms with Gasteiger partial charge in [-0.05, 0) is 65.0 Å². The molecule has 0 saturated carbocycles. The summed E-state index contributed by atoms with van der Waals surface area (Å²) in [6, 6.07) is 0. The largest absolute Gasteiger partial charge is 0.375 e. The average molecular weight is 282 g/mol. The molecule has 0 aromatic rings. The fourth-order valence-corrected chi connectivity index (χ4v) is 4.36. The predicted octanol–water partition coefficient (Wildman–Crippen LogP) is 3.18. The Morgan fingerprint density at radius 2 is 2.05 bits per heavy atom. The Hall–Kier alpha value is -0.120. The summed E-state index contributed by atoms with van der Waals surface area (Å²) in [5.74, 6) is 0.938. The van der Waals surface area contributed by atoms with Gasteiger partial charge >= 0.3 is 0 Å². The number of rotatable bonds is 4. The molecule has 0 aromatic heterocycles. The van der Waals surface area contributed by atoms with Crippen LogP contribution < -0.4 is 5.73 Å². The summed E-state index contributed by atoms with van der Waals surface area (Å²) in [5.41, 5.74) is 6.40. The molecule has 0 radical (unpaired) electrons. The number of nitrogens with two attached hydrogens (primary N) is 1. The highest BCUT2D eigenvalue weighted by molar-refractivity contribution is 5.00. The van der Waals surface area contributed by atoms with Crippen LogP contribution in [0.1, 0.15) is 65.7 Å². The number of ether oxygens (including phenoxy) is 1. The summed E-state index contributed by atoms with van der Waals surface area (Å²) >= 11 is 0. The third kappa shape index (κ3) is 3.75. The Balaban J connectivity index is 2.03. The summed E-state index contributed by atoms with van der Waals surface area (Å²) in [5, 5.41) is 0. The maximum Gasteiger partial charge on any atom is 0.0644 e. The monoisotopic (exact) mass is 282 g/mol. The van der Waals surface area contributed by atoms with Gasteiger partial charge in [-0.25, -0.2) is 0 Å². The Labute approximate surface area is 125 Å². The molecule has 2 heterocycles. The van der Waals surface area contributed by atoms with Crippen molar-refractivity contribution in [3.8, 4) is 0 Å². The van der Waals surface area contributed by atoms with Crippen molar-refractivity contribution < 1.29 is 4.74 Å². The lowest BCUT2D eigenvalue weighted by atomic mass is 9.79. The van der Waals surface area contributed by atoms with Gasteiger partial charge in [0.05, 0.1) is 5.60 Å². The molecule has 3 heteroatoms. The Morgan fingerprint density at radius 1 is 1.25 bits per heavy atom. The second kappa shape index (κ2) is 6.76. The number of nitrogens with zero attached hydrogens (tertiary/aromatic N) is 1. The molecule has 0 aliphatic carbocycles. The first-order valence-electron chi connectivity index (χ1n) is 8.60. The van der Waals surface area contributed by atoms with Crippen LogP contribution in [0.3, 0.4) is 0 Å². The van der Waals surface area contributed by atoms with Crippen LogP contribution in [0, 0.1) is 5.92 Å². The first-order valence-corrected chi connectivity index (χ1v) is 8.60. The van der Waals surface area contributed by atoms with Crippen molar-refractivity contribution in [1.29, 1.82) is 0 Å². The molecular formula is C17H34N2O. The van der Waals surface area contributed by atoms with Gasteiger partial charge in [0.15, 0.2) is 0 Å². The van der Waals surface area contributed by atoms with Crippen molar-refractivity contribution in [2.24, 2.45) is 11.7 Å². The van der Waals surface area contributed by atoms with Crippen LogP contribution in [0.2, 0.25) is 0 Å². The number of hydrogen-bond acceptors (Lipinski definition) is 3. The molecule has 2 unspecified atom stereocenters. The zero-order valence-corrected chi connectivity index (χ0v) is 13.8. The van der Waals surface area contributed by atoms with Crippen LogP contribution in [0.4, 0.5) is 0 Å². The fraction of sp³-hybridized carbons (Fsp3) is 1.00. The maximum absolute atomic E-state index is 6.24. The lowest BCUT2D eigenvalue weighted by Gasteiger charge is -2.50. The van der Waals surface area contributed by atoms with Crippen molar-refractivity contribution in [3.05, 3.63) is 0 Å². The summed E-state index contributed by atoms with van der Waals surface area (Å²) < 4.78 is 5.92. The molecule has 0 amide bonds. The molecule has 2 saturated heterocycles. The van der Waals surface area contributed by atoms with Crippen LogP contribution in [-0.2, 0) is 4.74 Å². The lowest BCUT2D eigenvalue weighted by molar-refractivity contribution is -0.117. The van der Waals surface area contributed by atoms with Crippen molar-refractivity contribution in [2.75, 3.05) is 26.2 Å². The number of hydrogen-bond donors (Lipinski definition) is 1. The Bertz CT molecular complexity index is 305. The highest BCUT2D eigenvalue weighted by Crippen LogP contribution is 2.37. The summed E-state index contributed by atoms with van der Waals surface area (Å²) in [6.07, 6.45) is 9.02. The second-order valence-electron chi connectivity index (χ2n) is 7.54. The van der Waals surface area contributed by atoms with E-state index in [1.165, 1.54) is 45.2 Å². The van der Waals surface area contributed by atoms with Crippen LogP contribution in [0.25, 0.3) is 0 Å². The van der Waals surface area contributed by atoms with Gasteiger partial charge in [0.2, 0.25) is 0 Å². The SMILES string of the molecule is CCCC1CCCN(C2(CN)CCOC(C)(C)C2)CC1. The van der Waals surface area contributed by atoms with Crippen LogP contribution in [-0.4, -0.2) is 42.3 Å². The summed E-state index contributed by atoms with van der Waals surface area (Å²) in [4.78, 5) is 2.72. The van der Waals surface area contributed by atoms with Gasteiger partial charge in [0, 0.05) is 18.7 Å². The maximum atomic E-state index is 6.24. The minimum Gasteiger partial charge on any atom is -0.375 e. The molecule has 2 aliphatic heterocycles. The predicted molar refractivity (Wildman–Crippen MR) is 84.9 cm³/mol. The van der Waals surface area contributed by atoms with Crippen molar-refractivity contribution in [2.45, 2.75) is 76.9 Å². The van der Waals surface area contributed by atoms with Gasteiger partial charge in [-0.2, -0.15) is 0 Å². The normalized spacial score (nSPS) is 35.7. The first kappa shape index (κ1) is 16.3. The molecule has 0 spiro atoms. The minimum absolute atomic E-state index is 0.0211. The molecule has 2 N–H and O–H groups in total. The van der Waals surface area contributed by atoms with E-state index in [4.69, 9.17) is 10.5 Å². The van der Waals surface area contributed by atoms with E-state index in [1.54, 1.807) is 0 Å². The molecule has 20 heavy (non-hydrogen) atoms. The van der Waals surface area contributed by atoms with E-state index in [0.29, 0.717) is 0 Å². The summed E-state index contributed by atoms with van der Waals surface area (Å²) in [6.45, 7) is 10.8. The quantitative estimate of drug-likeness (QED) is 0.860. The average Bonchev–Trinajstić information content (AvgIpc) is 2.64. The van der Waals surface area contributed by atoms with Crippen molar-refractivity contribution >= 4 is 0 Å². The van der Waals surface area contributed by atoms with Gasteiger partial charge in [0.25, 0.3) is 0 Å². The zero-order chi connectivity index (χ0) is 14.6. The van der Waals surface area contributed by atoms with E-state index >= 15 is 0 Å². The smallest absolute Gasteiger partial charge is 0.0644 e. The van der Waals surface area contributed by atoms with E-state index < -0.39 is 0 Å². The highest BCUT2D eigenvalue weighted by atomic mass is 16.5. The van der Waals surface area contributed by atoms with Crippen LogP contribution in [0.5, 0.6) is 0 Å². The molecule has 118 valence electrons. The minimum atomic E-state index is -0.0211. The van der Waals surface area contributed by atoms with Gasteiger partial charge in [-0.3, -0.25) is 4.90 Å². The van der Waals surface area contributed by atoms with E-state index in [2.05, 4.69) is 25.7 Å². The second-order valence-corrected chi connectivity index (χ2v) is 7.54. The topological polar surface area (TPSA) is 38.5 Å². The van der Waals surface area contributed by atoms with E-state index in [0.717, 1.165) is 31.9 Å². The van der Waals surface area contributed by atoms with Gasteiger partial charge in [-0.1, -0.05) is 19.8 Å². The van der Waals surface area contributed by atoms with Crippen molar-refractivity contribution in [3.63, 3.8) is 0 Å². The Morgan fingerprint density at radius 3 is 2.70 bits per heavy atom. The molecule has 0 aromatic carbocycles. The fourth-order valence-electron chi connectivity index (χ4n) is 4.36. The van der Waals surface area contributed by atoms with Crippen LogP contribution >= 0.6 is 0 Å².